The van der Waals surface area contributed by atoms with Crippen LogP contribution < -0.4 is 4.74 Å². The number of hydrogen-bond acceptors (Lipinski definition) is 4. The van der Waals surface area contributed by atoms with Gasteiger partial charge in [-0.3, -0.25) is 0 Å². The average molecular weight is 380 g/mol. The smallest absolute Gasteiger partial charge is 0.266 e. The number of ether oxygens (including phenoxy) is 1. The lowest BCUT2D eigenvalue weighted by Gasteiger charge is -2.26. The van der Waals surface area contributed by atoms with Crippen LogP contribution in [0.4, 0.5) is 0 Å². The number of oxazole rings is 1. The summed E-state index contributed by atoms with van der Waals surface area (Å²) in [6.07, 6.45) is 1.82. The van der Waals surface area contributed by atoms with Crippen LogP contribution in [0.3, 0.4) is 0 Å². The van der Waals surface area contributed by atoms with E-state index in [1.807, 2.05) is 6.20 Å². The molecule has 0 saturated carbocycles. The highest BCUT2D eigenvalue weighted by Gasteiger charge is 2.22. The van der Waals surface area contributed by atoms with E-state index >= 15 is 0 Å². The largest absolute Gasteiger partial charge is 0.492 e. The molecule has 25 heavy (non-hydrogen) atoms. The van der Waals surface area contributed by atoms with Crippen molar-refractivity contribution in [1.29, 1.82) is 0 Å². The first kappa shape index (κ1) is 20.1. The molecule has 0 saturated heterocycles. The van der Waals surface area contributed by atoms with Gasteiger partial charge in [0, 0.05) is 11.9 Å². The quantitative estimate of drug-likeness (QED) is 0.476. The van der Waals surface area contributed by atoms with E-state index in [0.29, 0.717) is 11.4 Å². The van der Waals surface area contributed by atoms with Crippen LogP contribution in [-0.4, -0.2) is 17.3 Å². The van der Waals surface area contributed by atoms with Crippen LogP contribution in [0.1, 0.15) is 58.4 Å². The van der Waals surface area contributed by atoms with Gasteiger partial charge < -0.3 is 14.1 Å². The summed E-state index contributed by atoms with van der Waals surface area (Å²) in [6.45, 7) is 14.0. The van der Waals surface area contributed by atoms with Crippen molar-refractivity contribution < 1.29 is 9.15 Å². The predicted molar refractivity (Wildman–Crippen MR) is 109 cm³/mol. The van der Waals surface area contributed by atoms with Crippen molar-refractivity contribution in [2.24, 2.45) is 0 Å². The number of benzene rings is 1. The molecule has 0 aliphatic heterocycles. The average Bonchev–Trinajstić information content (AvgIpc) is 2.90. The van der Waals surface area contributed by atoms with Gasteiger partial charge in [-0.15, -0.1) is 0 Å². The summed E-state index contributed by atoms with van der Waals surface area (Å²) >= 11 is 6.71. The minimum absolute atomic E-state index is 0.0583. The third kappa shape index (κ3) is 5.93. The van der Waals surface area contributed by atoms with E-state index in [2.05, 4.69) is 64.7 Å². The molecule has 1 heterocycles. The summed E-state index contributed by atoms with van der Waals surface area (Å²) in [7, 11) is 0. The Labute approximate surface area is 160 Å². The van der Waals surface area contributed by atoms with Crippen molar-refractivity contribution in [2.45, 2.75) is 58.1 Å². The van der Waals surface area contributed by atoms with E-state index in [1.165, 1.54) is 11.1 Å². The van der Waals surface area contributed by atoms with E-state index < -0.39 is 0 Å². The molecule has 0 atom stereocenters. The first-order valence-corrected chi connectivity index (χ1v) is 10.2. The van der Waals surface area contributed by atoms with Gasteiger partial charge in [0.2, 0.25) is 0 Å². The zero-order chi connectivity index (χ0) is 18.7. The standard InChI is InChI=1S/C20H29NO2S2/c1-19(2,3)14-7-8-16(20(4,5)6)17(11-14)22-9-10-25-13-15-12-21-18(24)23-15/h7-8,11-12H,9-10,13H2,1-6H3,(H,21,24). The first-order valence-electron chi connectivity index (χ1n) is 8.60. The van der Waals surface area contributed by atoms with Crippen LogP contribution in [0.2, 0.25) is 0 Å². The lowest BCUT2D eigenvalue weighted by Crippen LogP contribution is -2.17. The van der Waals surface area contributed by atoms with Crippen LogP contribution in [0, 0.1) is 4.84 Å². The van der Waals surface area contributed by atoms with Crippen molar-refractivity contribution in [3.63, 3.8) is 0 Å². The van der Waals surface area contributed by atoms with Crippen LogP contribution in [0.5, 0.6) is 5.75 Å². The number of aromatic nitrogens is 1. The maximum atomic E-state index is 6.16. The summed E-state index contributed by atoms with van der Waals surface area (Å²) in [5, 5.41) is 0. The maximum Gasteiger partial charge on any atom is 0.266 e. The van der Waals surface area contributed by atoms with E-state index in [0.717, 1.165) is 23.0 Å². The molecule has 0 unspecified atom stereocenters. The zero-order valence-corrected chi connectivity index (χ0v) is 17.7. The second kappa shape index (κ2) is 8.00. The Morgan fingerprint density at radius 2 is 1.84 bits per heavy atom. The molecule has 0 bridgehead atoms. The normalized spacial score (nSPS) is 12.4. The van der Waals surface area contributed by atoms with Gasteiger partial charge in [0.25, 0.3) is 4.84 Å². The van der Waals surface area contributed by atoms with Crippen LogP contribution in [-0.2, 0) is 16.6 Å². The van der Waals surface area contributed by atoms with E-state index in [1.54, 1.807) is 11.8 Å². The Kier molecular flexibility index (Phi) is 6.44. The number of nitrogens with one attached hydrogen (secondary N) is 1. The fraction of sp³-hybridized carbons (Fsp3) is 0.550. The van der Waals surface area contributed by atoms with Crippen LogP contribution in [0.25, 0.3) is 0 Å². The van der Waals surface area contributed by atoms with Gasteiger partial charge in [-0.25, -0.2) is 0 Å². The lowest BCUT2D eigenvalue weighted by atomic mass is 9.81. The minimum atomic E-state index is 0.0583. The van der Waals surface area contributed by atoms with E-state index in [9.17, 15) is 0 Å². The third-order valence-corrected chi connectivity index (χ3v) is 5.11. The van der Waals surface area contributed by atoms with Gasteiger partial charge in [-0.1, -0.05) is 53.7 Å². The topological polar surface area (TPSA) is 38.2 Å². The fourth-order valence-corrected chi connectivity index (χ4v) is 3.35. The Morgan fingerprint density at radius 1 is 1.12 bits per heavy atom. The highest BCUT2D eigenvalue weighted by Crippen LogP contribution is 2.35. The number of thioether (sulfide) groups is 1. The van der Waals surface area contributed by atoms with Crippen LogP contribution in [0.15, 0.2) is 28.8 Å². The highest BCUT2D eigenvalue weighted by atomic mass is 32.2. The number of aromatic amines is 1. The predicted octanol–water partition coefficient (Wildman–Crippen LogP) is 6.24. The molecule has 2 rings (SSSR count). The molecule has 0 aliphatic carbocycles. The molecule has 0 spiro atoms. The monoisotopic (exact) mass is 379 g/mol. The lowest BCUT2D eigenvalue weighted by molar-refractivity contribution is 0.332. The van der Waals surface area contributed by atoms with Crippen LogP contribution >= 0.6 is 24.0 Å². The Bertz CT molecular complexity index is 748. The van der Waals surface area contributed by atoms with Gasteiger partial charge in [0.1, 0.15) is 11.5 Å². The van der Waals surface area contributed by atoms with Crippen molar-refractivity contribution in [3.05, 3.63) is 46.1 Å². The van der Waals surface area contributed by atoms with Gasteiger partial charge in [-0.05, 0) is 40.2 Å². The number of hydrogen-bond donors (Lipinski definition) is 1. The number of rotatable bonds is 6. The first-order chi connectivity index (χ1) is 11.6. The summed E-state index contributed by atoms with van der Waals surface area (Å²) in [4.78, 5) is 3.31. The summed E-state index contributed by atoms with van der Waals surface area (Å²) < 4.78 is 11.5. The van der Waals surface area contributed by atoms with E-state index in [-0.39, 0.29) is 10.8 Å². The van der Waals surface area contributed by atoms with Crippen molar-refractivity contribution in [2.75, 3.05) is 12.4 Å². The molecular formula is C20H29NO2S2. The molecule has 0 fully saturated rings. The van der Waals surface area contributed by atoms with Gasteiger partial charge in [0.15, 0.2) is 0 Å². The van der Waals surface area contributed by atoms with Gasteiger partial charge >= 0.3 is 0 Å². The summed E-state index contributed by atoms with van der Waals surface area (Å²) in [6, 6.07) is 6.64. The Morgan fingerprint density at radius 3 is 2.40 bits per heavy atom. The highest BCUT2D eigenvalue weighted by molar-refractivity contribution is 7.98. The Hall–Kier alpha value is -1.20. The third-order valence-electron chi connectivity index (χ3n) is 3.96. The molecular weight excluding hydrogens is 350 g/mol. The zero-order valence-electron chi connectivity index (χ0n) is 16.1. The van der Waals surface area contributed by atoms with Crippen molar-refractivity contribution >= 4 is 24.0 Å². The second-order valence-corrected chi connectivity index (χ2v) is 9.73. The molecule has 0 aliphatic rings. The molecule has 0 amide bonds. The molecule has 1 aromatic heterocycles. The summed E-state index contributed by atoms with van der Waals surface area (Å²) in [5.74, 6) is 3.57. The van der Waals surface area contributed by atoms with Crippen molar-refractivity contribution in [3.8, 4) is 5.75 Å². The number of H-pyrrole nitrogens is 1. The molecule has 138 valence electrons. The van der Waals surface area contributed by atoms with Gasteiger partial charge in [-0.2, -0.15) is 11.8 Å². The summed E-state index contributed by atoms with van der Waals surface area (Å²) in [5.41, 5.74) is 2.72. The second-order valence-electron chi connectivity index (χ2n) is 8.26. The molecule has 0 radical (unpaired) electrons. The molecule has 2 aromatic rings. The SMILES string of the molecule is CC(C)(C)c1ccc(C(C)(C)C)c(OCCSCc2c[nH]c(=S)o2)c1. The molecule has 1 aromatic carbocycles. The molecule has 5 heteroatoms. The molecule has 1 N–H and O–H groups in total. The maximum absolute atomic E-state index is 6.16. The van der Waals surface area contributed by atoms with Gasteiger partial charge in [0.05, 0.1) is 12.4 Å². The van der Waals surface area contributed by atoms with Crippen molar-refractivity contribution in [1.82, 2.24) is 4.98 Å². The minimum Gasteiger partial charge on any atom is -0.492 e. The fourth-order valence-electron chi connectivity index (χ4n) is 2.50. The van der Waals surface area contributed by atoms with E-state index in [4.69, 9.17) is 21.4 Å². The molecule has 3 nitrogen and oxygen atoms in total. The Balaban J connectivity index is 1.99.